The van der Waals surface area contributed by atoms with E-state index in [0.29, 0.717) is 48.9 Å². The van der Waals surface area contributed by atoms with Crippen LogP contribution in [-0.2, 0) is 4.74 Å². The summed E-state index contributed by atoms with van der Waals surface area (Å²) in [4.78, 5) is 38.6. The Morgan fingerprint density at radius 2 is 1.53 bits per heavy atom. The van der Waals surface area contributed by atoms with Crippen molar-refractivity contribution in [2.24, 2.45) is 0 Å². The van der Waals surface area contributed by atoms with Gasteiger partial charge in [-0.3, -0.25) is 19.7 Å². The van der Waals surface area contributed by atoms with Gasteiger partial charge in [0, 0.05) is 42.2 Å². The zero-order valence-corrected chi connectivity index (χ0v) is 18.6. The van der Waals surface area contributed by atoms with Crippen molar-refractivity contribution in [2.75, 3.05) is 41.8 Å². The summed E-state index contributed by atoms with van der Waals surface area (Å²) in [5.41, 5.74) is 3.02. The smallest absolute Gasteiger partial charge is 0.270 e. The number of rotatable bonds is 6. The maximum Gasteiger partial charge on any atom is 0.270 e. The highest BCUT2D eigenvalue weighted by Crippen LogP contribution is 2.28. The zero-order chi connectivity index (χ0) is 24.1. The molecule has 0 aromatic heterocycles. The third kappa shape index (κ3) is 5.21. The van der Waals surface area contributed by atoms with Gasteiger partial charge in [0.25, 0.3) is 17.5 Å². The molecule has 3 aromatic carbocycles. The van der Waals surface area contributed by atoms with Crippen molar-refractivity contribution in [2.45, 2.75) is 6.92 Å². The summed E-state index contributed by atoms with van der Waals surface area (Å²) in [6.07, 6.45) is 0. The van der Waals surface area contributed by atoms with Crippen LogP contribution in [0.5, 0.6) is 0 Å². The van der Waals surface area contributed by atoms with Gasteiger partial charge in [0.2, 0.25) is 0 Å². The number of morpholine rings is 1. The van der Waals surface area contributed by atoms with E-state index in [1.807, 2.05) is 24.0 Å². The summed E-state index contributed by atoms with van der Waals surface area (Å²) >= 11 is 0. The van der Waals surface area contributed by atoms with E-state index in [9.17, 15) is 19.7 Å². The first kappa shape index (κ1) is 22.9. The van der Waals surface area contributed by atoms with Crippen LogP contribution in [0, 0.1) is 17.0 Å². The summed E-state index contributed by atoms with van der Waals surface area (Å²) < 4.78 is 5.38. The third-order valence-electron chi connectivity index (χ3n) is 5.56. The predicted octanol–water partition coefficient (Wildman–Crippen LogP) is 4.24. The van der Waals surface area contributed by atoms with Crippen LogP contribution >= 0.6 is 0 Å². The highest BCUT2D eigenvalue weighted by molar-refractivity contribution is 6.09. The molecule has 0 radical (unpaired) electrons. The molecule has 3 aromatic rings. The zero-order valence-electron chi connectivity index (χ0n) is 18.6. The van der Waals surface area contributed by atoms with Gasteiger partial charge in [-0.25, -0.2) is 0 Å². The highest BCUT2D eigenvalue weighted by Gasteiger charge is 2.22. The average molecular weight is 460 g/mol. The largest absolute Gasteiger partial charge is 0.378 e. The van der Waals surface area contributed by atoms with Crippen LogP contribution < -0.4 is 15.5 Å². The van der Waals surface area contributed by atoms with Crippen LogP contribution in [0.1, 0.15) is 26.3 Å². The van der Waals surface area contributed by atoms with Crippen molar-refractivity contribution in [3.8, 4) is 0 Å². The van der Waals surface area contributed by atoms with Crippen molar-refractivity contribution >= 4 is 34.6 Å². The molecule has 4 rings (SSSR count). The molecule has 2 amide bonds. The molecule has 0 unspecified atom stereocenters. The monoisotopic (exact) mass is 460 g/mol. The predicted molar refractivity (Wildman–Crippen MR) is 130 cm³/mol. The molecule has 0 atom stereocenters. The number of aryl methyl sites for hydroxylation is 1. The molecule has 1 aliphatic rings. The van der Waals surface area contributed by atoms with Gasteiger partial charge in [0.05, 0.1) is 29.4 Å². The number of nitrogens with one attached hydrogen (secondary N) is 2. The van der Waals surface area contributed by atoms with E-state index in [-0.39, 0.29) is 17.2 Å². The minimum absolute atomic E-state index is 0.165. The number of nitro benzene ring substituents is 1. The summed E-state index contributed by atoms with van der Waals surface area (Å²) in [5.74, 6) is -0.734. The van der Waals surface area contributed by atoms with Crippen LogP contribution in [0.2, 0.25) is 0 Å². The van der Waals surface area contributed by atoms with Gasteiger partial charge < -0.3 is 20.3 Å². The van der Waals surface area contributed by atoms with Crippen LogP contribution in [0.4, 0.5) is 22.7 Å². The fraction of sp³-hybridized carbons (Fsp3) is 0.200. The number of non-ortho nitro benzene ring substituents is 1. The molecule has 1 heterocycles. The normalized spacial score (nSPS) is 13.3. The lowest BCUT2D eigenvalue weighted by Gasteiger charge is -2.30. The summed E-state index contributed by atoms with van der Waals surface area (Å²) in [7, 11) is 0. The van der Waals surface area contributed by atoms with Crippen molar-refractivity contribution in [3.63, 3.8) is 0 Å². The van der Waals surface area contributed by atoms with Crippen LogP contribution in [0.3, 0.4) is 0 Å². The van der Waals surface area contributed by atoms with Crippen LogP contribution in [0.25, 0.3) is 0 Å². The standard InChI is InChI=1S/C25H24N4O5/c1-17-5-2-3-8-21(17)24(30)26-18-6-4-7-19(15-18)27-25(31)22-16-20(29(32)33)9-10-23(22)28-11-13-34-14-12-28/h2-10,15-16H,11-14H2,1H3,(H,26,30)(H,27,31). The number of benzene rings is 3. The number of hydrogen-bond acceptors (Lipinski definition) is 6. The molecule has 0 bridgehead atoms. The second-order valence-corrected chi connectivity index (χ2v) is 7.86. The minimum atomic E-state index is -0.526. The highest BCUT2D eigenvalue weighted by atomic mass is 16.6. The van der Waals surface area contributed by atoms with E-state index < -0.39 is 10.8 Å². The Hall–Kier alpha value is -4.24. The van der Waals surface area contributed by atoms with Gasteiger partial charge in [0.1, 0.15) is 0 Å². The SMILES string of the molecule is Cc1ccccc1C(=O)Nc1cccc(NC(=O)c2cc([N+](=O)[O-])ccc2N2CCOCC2)c1. The Morgan fingerprint density at radius 3 is 2.18 bits per heavy atom. The van der Waals surface area contributed by atoms with Gasteiger partial charge in [-0.2, -0.15) is 0 Å². The molecule has 34 heavy (non-hydrogen) atoms. The fourth-order valence-electron chi connectivity index (χ4n) is 3.80. The number of carbonyl (C=O) groups excluding carboxylic acids is 2. The van der Waals surface area contributed by atoms with E-state index in [0.717, 1.165) is 5.56 Å². The number of amides is 2. The Bertz CT molecular complexity index is 1240. The molecule has 0 spiro atoms. The lowest BCUT2D eigenvalue weighted by Crippen LogP contribution is -2.37. The molecule has 9 nitrogen and oxygen atoms in total. The van der Waals surface area contributed by atoms with Gasteiger partial charge in [0.15, 0.2) is 0 Å². The van der Waals surface area contributed by atoms with E-state index in [1.54, 1.807) is 42.5 Å². The van der Waals surface area contributed by atoms with Gasteiger partial charge in [-0.05, 0) is 42.8 Å². The van der Waals surface area contributed by atoms with Crippen molar-refractivity contribution in [1.82, 2.24) is 0 Å². The Labute approximate surface area is 196 Å². The Kier molecular flexibility index (Phi) is 6.84. The van der Waals surface area contributed by atoms with Gasteiger partial charge >= 0.3 is 0 Å². The average Bonchev–Trinajstić information content (AvgIpc) is 2.84. The van der Waals surface area contributed by atoms with E-state index in [1.165, 1.54) is 12.1 Å². The molecular weight excluding hydrogens is 436 g/mol. The maximum absolute atomic E-state index is 13.2. The second-order valence-electron chi connectivity index (χ2n) is 7.86. The molecule has 2 N–H and O–H groups in total. The third-order valence-corrected chi connectivity index (χ3v) is 5.56. The van der Waals surface area contributed by atoms with E-state index >= 15 is 0 Å². The summed E-state index contributed by atoms with van der Waals surface area (Å²) in [6, 6.07) is 18.3. The molecule has 9 heteroatoms. The molecule has 1 aliphatic heterocycles. The summed E-state index contributed by atoms with van der Waals surface area (Å²) in [6.45, 7) is 4.05. The van der Waals surface area contributed by atoms with Gasteiger partial charge in [-0.1, -0.05) is 24.3 Å². The number of ether oxygens (including phenoxy) is 1. The molecule has 174 valence electrons. The first-order valence-electron chi connectivity index (χ1n) is 10.8. The molecule has 1 fully saturated rings. The topological polar surface area (TPSA) is 114 Å². The van der Waals surface area contributed by atoms with Crippen molar-refractivity contribution in [3.05, 3.63) is 93.5 Å². The maximum atomic E-state index is 13.2. The van der Waals surface area contributed by atoms with Crippen molar-refractivity contribution in [1.29, 1.82) is 0 Å². The molecule has 0 aliphatic carbocycles. The first-order valence-corrected chi connectivity index (χ1v) is 10.8. The number of hydrogen-bond donors (Lipinski definition) is 2. The molecular formula is C25H24N4O5. The lowest BCUT2D eigenvalue weighted by atomic mass is 10.1. The minimum Gasteiger partial charge on any atom is -0.378 e. The summed E-state index contributed by atoms with van der Waals surface area (Å²) in [5, 5.41) is 16.9. The van der Waals surface area contributed by atoms with E-state index in [4.69, 9.17) is 4.74 Å². The van der Waals surface area contributed by atoms with E-state index in [2.05, 4.69) is 10.6 Å². The van der Waals surface area contributed by atoms with Crippen LogP contribution in [0.15, 0.2) is 66.7 Å². The quantitative estimate of drug-likeness (QED) is 0.420. The Balaban J connectivity index is 1.56. The lowest BCUT2D eigenvalue weighted by molar-refractivity contribution is -0.384. The van der Waals surface area contributed by atoms with Crippen molar-refractivity contribution < 1.29 is 19.2 Å². The number of nitro groups is 1. The first-order chi connectivity index (χ1) is 16.4. The Morgan fingerprint density at radius 1 is 0.882 bits per heavy atom. The number of anilines is 3. The van der Waals surface area contributed by atoms with Gasteiger partial charge in [-0.15, -0.1) is 0 Å². The van der Waals surface area contributed by atoms with Crippen LogP contribution in [-0.4, -0.2) is 43.0 Å². The molecule has 1 saturated heterocycles. The molecule has 0 saturated carbocycles. The number of nitrogens with zero attached hydrogens (tertiary/aromatic N) is 2. The number of carbonyl (C=O) groups is 2. The fourth-order valence-corrected chi connectivity index (χ4v) is 3.80. The second kappa shape index (κ2) is 10.1.